The summed E-state index contributed by atoms with van der Waals surface area (Å²) in [6.07, 6.45) is 3.33. The van der Waals surface area contributed by atoms with E-state index < -0.39 is 5.82 Å². The molecule has 27 heavy (non-hydrogen) atoms. The number of benzene rings is 2. The van der Waals surface area contributed by atoms with Crippen LogP contribution in [0.15, 0.2) is 59.1 Å². The quantitative estimate of drug-likeness (QED) is 0.680. The lowest BCUT2D eigenvalue weighted by Crippen LogP contribution is -2.31. The van der Waals surface area contributed by atoms with Crippen molar-refractivity contribution in [1.29, 1.82) is 0 Å². The molecule has 138 valence electrons. The summed E-state index contributed by atoms with van der Waals surface area (Å²) in [5.74, 6) is -0.276. The maximum atomic E-state index is 14.0. The van der Waals surface area contributed by atoms with E-state index in [4.69, 9.17) is 4.42 Å². The fraction of sp³-hybridized carbons (Fsp3) is 0.238. The minimum atomic E-state index is -0.541. The molecule has 6 heteroatoms. The van der Waals surface area contributed by atoms with Crippen LogP contribution in [-0.2, 0) is 6.42 Å². The summed E-state index contributed by atoms with van der Waals surface area (Å²) in [4.78, 5) is 18.7. The second kappa shape index (κ2) is 7.31. The average molecular weight is 368 g/mol. The third-order valence-electron chi connectivity index (χ3n) is 4.80. The van der Waals surface area contributed by atoms with Gasteiger partial charge in [0.2, 0.25) is 5.89 Å². The summed E-state index contributed by atoms with van der Waals surface area (Å²) in [5.41, 5.74) is 0.563. The van der Waals surface area contributed by atoms with Crippen molar-refractivity contribution in [2.45, 2.75) is 25.3 Å². The van der Waals surface area contributed by atoms with Gasteiger partial charge in [-0.2, -0.15) is 0 Å². The van der Waals surface area contributed by atoms with E-state index in [-0.39, 0.29) is 29.8 Å². The highest BCUT2D eigenvalue weighted by Crippen LogP contribution is 2.33. The van der Waals surface area contributed by atoms with Gasteiger partial charge < -0.3 is 9.32 Å². The molecule has 1 atom stereocenters. The van der Waals surface area contributed by atoms with Crippen LogP contribution in [0.2, 0.25) is 0 Å². The first-order valence-corrected chi connectivity index (χ1v) is 8.87. The van der Waals surface area contributed by atoms with Gasteiger partial charge in [0.25, 0.3) is 5.91 Å². The van der Waals surface area contributed by atoms with E-state index in [1.54, 1.807) is 41.4 Å². The zero-order valence-electron chi connectivity index (χ0n) is 14.6. The molecule has 1 aromatic heterocycles. The normalized spacial score (nSPS) is 16.7. The van der Waals surface area contributed by atoms with Crippen LogP contribution >= 0.6 is 0 Å². The Morgan fingerprint density at radius 1 is 1.11 bits per heavy atom. The summed E-state index contributed by atoms with van der Waals surface area (Å²) >= 11 is 0. The molecule has 2 aromatic carbocycles. The molecule has 4 rings (SSSR count). The summed E-state index contributed by atoms with van der Waals surface area (Å²) < 4.78 is 33.6. The minimum Gasteiger partial charge on any atom is -0.443 e. The van der Waals surface area contributed by atoms with Gasteiger partial charge in [-0.15, -0.1) is 0 Å². The Bertz CT molecular complexity index is 970. The van der Waals surface area contributed by atoms with Gasteiger partial charge in [0, 0.05) is 13.0 Å². The zero-order valence-corrected chi connectivity index (χ0v) is 14.6. The predicted octanol–water partition coefficient (Wildman–Crippen LogP) is 4.52. The number of aromatic nitrogens is 1. The van der Waals surface area contributed by atoms with Crippen molar-refractivity contribution in [1.82, 2.24) is 9.88 Å². The lowest BCUT2D eigenvalue weighted by molar-refractivity contribution is 0.0710. The van der Waals surface area contributed by atoms with Crippen LogP contribution in [0.3, 0.4) is 0 Å². The molecule has 0 bridgehead atoms. The maximum Gasteiger partial charge on any atom is 0.257 e. The van der Waals surface area contributed by atoms with Gasteiger partial charge in [-0.05, 0) is 36.6 Å². The monoisotopic (exact) mass is 368 g/mol. The second-order valence-corrected chi connectivity index (χ2v) is 6.57. The molecule has 2 heterocycles. The maximum absolute atomic E-state index is 14.0. The number of rotatable bonds is 4. The van der Waals surface area contributed by atoms with E-state index in [0.717, 1.165) is 6.42 Å². The molecule has 0 saturated carbocycles. The van der Waals surface area contributed by atoms with Crippen molar-refractivity contribution < 1.29 is 18.0 Å². The number of likely N-dealkylation sites (tertiary alicyclic amines) is 1. The second-order valence-electron chi connectivity index (χ2n) is 6.57. The zero-order chi connectivity index (χ0) is 18.8. The SMILES string of the molecule is O=C(c1ccccc1F)N1CCC[C@H]1c1ncc(Cc2ccccc2F)o1. The number of hydrogen-bond acceptors (Lipinski definition) is 3. The number of amides is 1. The largest absolute Gasteiger partial charge is 0.443 e. The molecule has 0 unspecified atom stereocenters. The molecular weight excluding hydrogens is 350 g/mol. The number of halogens is 2. The van der Waals surface area contributed by atoms with Crippen molar-refractivity contribution >= 4 is 5.91 Å². The summed E-state index contributed by atoms with van der Waals surface area (Å²) in [5, 5.41) is 0. The highest BCUT2D eigenvalue weighted by atomic mass is 19.1. The number of carbonyl (C=O) groups is 1. The number of carbonyl (C=O) groups excluding carboxylic acids is 1. The third kappa shape index (κ3) is 3.47. The van der Waals surface area contributed by atoms with Gasteiger partial charge in [0.1, 0.15) is 23.4 Å². The molecule has 1 saturated heterocycles. The molecule has 0 aliphatic carbocycles. The molecular formula is C21H18F2N2O2. The van der Waals surface area contributed by atoms with Gasteiger partial charge in [0.15, 0.2) is 0 Å². The van der Waals surface area contributed by atoms with Crippen LogP contribution in [0.1, 0.15) is 46.5 Å². The standard InChI is InChI=1S/C21H18F2N2O2/c22-17-8-3-1-6-14(17)12-15-13-24-20(27-15)19-10-5-11-25(19)21(26)16-7-2-4-9-18(16)23/h1-4,6-9,13,19H,5,10-12H2/t19-/m0/s1. The Kier molecular flexibility index (Phi) is 4.71. The Morgan fingerprint density at radius 3 is 2.63 bits per heavy atom. The van der Waals surface area contributed by atoms with Gasteiger partial charge in [0.05, 0.1) is 11.8 Å². The smallest absolute Gasteiger partial charge is 0.257 e. The van der Waals surface area contributed by atoms with Crippen molar-refractivity contribution in [3.63, 3.8) is 0 Å². The molecule has 0 radical (unpaired) electrons. The molecule has 4 nitrogen and oxygen atoms in total. The molecule has 3 aromatic rings. The number of hydrogen-bond donors (Lipinski definition) is 0. The topological polar surface area (TPSA) is 46.3 Å². The van der Waals surface area contributed by atoms with Crippen LogP contribution in [0, 0.1) is 11.6 Å². The van der Waals surface area contributed by atoms with Crippen LogP contribution in [0.4, 0.5) is 8.78 Å². The Balaban J connectivity index is 1.55. The van der Waals surface area contributed by atoms with E-state index in [1.165, 1.54) is 18.2 Å². The van der Waals surface area contributed by atoms with E-state index >= 15 is 0 Å². The Hall–Kier alpha value is -3.02. The fourth-order valence-electron chi connectivity index (χ4n) is 3.44. The van der Waals surface area contributed by atoms with Crippen LogP contribution in [0.5, 0.6) is 0 Å². The minimum absolute atomic E-state index is 0.0440. The first-order valence-electron chi connectivity index (χ1n) is 8.87. The lowest BCUT2D eigenvalue weighted by atomic mass is 10.1. The van der Waals surface area contributed by atoms with Gasteiger partial charge in [-0.25, -0.2) is 13.8 Å². The van der Waals surface area contributed by atoms with Crippen molar-refractivity contribution in [2.75, 3.05) is 6.54 Å². The van der Waals surface area contributed by atoms with Gasteiger partial charge in [-0.1, -0.05) is 30.3 Å². The third-order valence-corrected chi connectivity index (χ3v) is 4.80. The van der Waals surface area contributed by atoms with Crippen molar-refractivity contribution in [3.05, 3.63) is 89.1 Å². The number of nitrogens with zero attached hydrogens (tertiary/aromatic N) is 2. The molecule has 1 aliphatic heterocycles. The van der Waals surface area contributed by atoms with E-state index in [9.17, 15) is 13.6 Å². The summed E-state index contributed by atoms with van der Waals surface area (Å²) in [6.45, 7) is 0.517. The van der Waals surface area contributed by atoms with E-state index in [0.29, 0.717) is 30.2 Å². The summed E-state index contributed by atoms with van der Waals surface area (Å²) in [7, 11) is 0. The molecule has 0 N–H and O–H groups in total. The molecule has 0 spiro atoms. The van der Waals surface area contributed by atoms with E-state index in [1.807, 2.05) is 0 Å². The van der Waals surface area contributed by atoms with Crippen LogP contribution < -0.4 is 0 Å². The van der Waals surface area contributed by atoms with Gasteiger partial charge >= 0.3 is 0 Å². The lowest BCUT2D eigenvalue weighted by Gasteiger charge is -2.22. The highest BCUT2D eigenvalue weighted by Gasteiger charge is 2.34. The fourth-order valence-corrected chi connectivity index (χ4v) is 3.44. The van der Waals surface area contributed by atoms with E-state index in [2.05, 4.69) is 4.98 Å². The highest BCUT2D eigenvalue weighted by molar-refractivity contribution is 5.94. The van der Waals surface area contributed by atoms with Crippen LogP contribution in [-0.4, -0.2) is 22.3 Å². The van der Waals surface area contributed by atoms with Crippen molar-refractivity contribution in [3.8, 4) is 0 Å². The first kappa shape index (κ1) is 17.4. The Morgan fingerprint density at radius 2 is 1.85 bits per heavy atom. The van der Waals surface area contributed by atoms with Crippen molar-refractivity contribution in [2.24, 2.45) is 0 Å². The summed E-state index contributed by atoms with van der Waals surface area (Å²) in [6, 6.07) is 12.1. The van der Waals surface area contributed by atoms with Crippen LogP contribution in [0.25, 0.3) is 0 Å². The molecule has 1 aliphatic rings. The van der Waals surface area contributed by atoms with Gasteiger partial charge in [-0.3, -0.25) is 4.79 Å². The average Bonchev–Trinajstić information content (AvgIpc) is 3.32. The predicted molar refractivity (Wildman–Crippen MR) is 95.1 cm³/mol. The molecule has 1 fully saturated rings. The number of oxazole rings is 1. The first-order chi connectivity index (χ1) is 13.1. The Labute approximate surface area is 155 Å². The molecule has 1 amide bonds.